The highest BCUT2D eigenvalue weighted by atomic mass is 16.2. The van der Waals surface area contributed by atoms with Crippen LogP contribution in [0, 0.1) is 20.8 Å². The molecule has 3 aromatic rings. The Kier molecular flexibility index (Phi) is 4.86. The van der Waals surface area contributed by atoms with Gasteiger partial charge in [0.05, 0.1) is 17.1 Å². The Bertz CT molecular complexity index is 987. The van der Waals surface area contributed by atoms with Crippen LogP contribution in [0.1, 0.15) is 27.3 Å². The Balaban J connectivity index is 1.50. The summed E-state index contributed by atoms with van der Waals surface area (Å²) >= 11 is 0. The van der Waals surface area contributed by atoms with E-state index in [2.05, 4.69) is 16.8 Å². The van der Waals surface area contributed by atoms with Crippen LogP contribution in [0.4, 0.5) is 5.69 Å². The largest absolute Gasteiger partial charge is 0.365 e. The number of hydrogen-bond acceptors (Lipinski definition) is 4. The maximum absolute atomic E-state index is 12.8. The molecular formula is C22H25N5O. The molecule has 28 heavy (non-hydrogen) atoms. The van der Waals surface area contributed by atoms with Crippen LogP contribution in [0.25, 0.3) is 5.82 Å². The van der Waals surface area contributed by atoms with Crippen LogP contribution >= 0.6 is 0 Å². The van der Waals surface area contributed by atoms with Crippen molar-refractivity contribution in [2.45, 2.75) is 20.8 Å². The SMILES string of the molecule is Cc1cccc(C(=O)N2CCN(c3c(C)nn(-c4ccccn4)c3C)CC2)c1. The molecule has 0 N–H and O–H groups in total. The first-order valence-electron chi connectivity index (χ1n) is 9.63. The van der Waals surface area contributed by atoms with Crippen LogP contribution in [-0.2, 0) is 0 Å². The van der Waals surface area contributed by atoms with Crippen LogP contribution < -0.4 is 4.90 Å². The first-order chi connectivity index (χ1) is 13.5. The maximum atomic E-state index is 12.8. The third-order valence-corrected chi connectivity index (χ3v) is 5.27. The molecule has 0 unspecified atom stereocenters. The number of pyridine rings is 1. The van der Waals surface area contributed by atoms with E-state index in [-0.39, 0.29) is 5.91 Å². The fourth-order valence-corrected chi connectivity index (χ4v) is 3.89. The molecule has 0 spiro atoms. The lowest BCUT2D eigenvalue weighted by molar-refractivity contribution is 0.0746. The molecule has 1 aliphatic heterocycles. The summed E-state index contributed by atoms with van der Waals surface area (Å²) < 4.78 is 1.90. The fraction of sp³-hybridized carbons (Fsp3) is 0.318. The average molecular weight is 375 g/mol. The molecule has 0 aliphatic carbocycles. The Labute approximate surface area is 165 Å². The summed E-state index contributed by atoms with van der Waals surface area (Å²) in [6.45, 7) is 9.14. The van der Waals surface area contributed by atoms with Gasteiger partial charge < -0.3 is 9.80 Å². The number of anilines is 1. The van der Waals surface area contributed by atoms with E-state index in [4.69, 9.17) is 5.10 Å². The normalized spacial score (nSPS) is 14.4. The fourth-order valence-electron chi connectivity index (χ4n) is 3.89. The third-order valence-electron chi connectivity index (χ3n) is 5.27. The van der Waals surface area contributed by atoms with Gasteiger partial charge in [-0.1, -0.05) is 23.8 Å². The number of nitrogens with zero attached hydrogens (tertiary/aromatic N) is 5. The lowest BCUT2D eigenvalue weighted by Gasteiger charge is -2.36. The van der Waals surface area contributed by atoms with Crippen molar-refractivity contribution in [1.82, 2.24) is 19.7 Å². The van der Waals surface area contributed by atoms with Gasteiger partial charge in [-0.25, -0.2) is 9.67 Å². The molecule has 1 amide bonds. The van der Waals surface area contributed by atoms with Crippen LogP contribution in [0.3, 0.4) is 0 Å². The standard InChI is InChI=1S/C22H25N5O/c1-16-7-6-8-19(15-16)22(28)26-13-11-25(12-14-26)21-17(2)24-27(18(21)3)20-9-4-5-10-23-20/h4-10,15H,11-14H2,1-3H3. The molecule has 144 valence electrons. The molecule has 1 fully saturated rings. The minimum Gasteiger partial charge on any atom is -0.365 e. The Hall–Kier alpha value is -3.15. The zero-order valence-electron chi connectivity index (χ0n) is 16.6. The second kappa shape index (κ2) is 7.46. The van der Waals surface area contributed by atoms with Crippen molar-refractivity contribution in [2.24, 2.45) is 0 Å². The van der Waals surface area contributed by atoms with Crippen molar-refractivity contribution in [3.8, 4) is 5.82 Å². The molecule has 1 aromatic carbocycles. The predicted molar refractivity (Wildman–Crippen MR) is 110 cm³/mol. The van der Waals surface area contributed by atoms with Crippen molar-refractivity contribution in [3.63, 3.8) is 0 Å². The van der Waals surface area contributed by atoms with E-state index in [9.17, 15) is 4.79 Å². The van der Waals surface area contributed by atoms with Crippen LogP contribution in [0.2, 0.25) is 0 Å². The van der Waals surface area contributed by atoms with E-state index < -0.39 is 0 Å². The molecular weight excluding hydrogens is 350 g/mol. The number of carbonyl (C=O) groups is 1. The number of hydrogen-bond donors (Lipinski definition) is 0. The highest BCUT2D eigenvalue weighted by Gasteiger charge is 2.26. The first-order valence-corrected chi connectivity index (χ1v) is 9.63. The molecule has 4 rings (SSSR count). The number of piperazine rings is 1. The van der Waals surface area contributed by atoms with Gasteiger partial charge in [0.15, 0.2) is 5.82 Å². The van der Waals surface area contributed by atoms with Gasteiger partial charge in [0.2, 0.25) is 0 Å². The molecule has 0 saturated carbocycles. The van der Waals surface area contributed by atoms with Gasteiger partial charge in [-0.05, 0) is 45.0 Å². The second-order valence-electron chi connectivity index (χ2n) is 7.27. The minimum absolute atomic E-state index is 0.112. The van der Waals surface area contributed by atoms with Gasteiger partial charge in [0.1, 0.15) is 0 Å². The Morgan fingerprint density at radius 1 is 0.964 bits per heavy atom. The van der Waals surface area contributed by atoms with E-state index in [1.54, 1.807) is 6.20 Å². The number of aryl methyl sites for hydroxylation is 2. The minimum atomic E-state index is 0.112. The van der Waals surface area contributed by atoms with E-state index in [0.717, 1.165) is 47.1 Å². The molecule has 6 heteroatoms. The second-order valence-corrected chi connectivity index (χ2v) is 7.27. The summed E-state index contributed by atoms with van der Waals surface area (Å²) in [6, 6.07) is 13.6. The van der Waals surface area contributed by atoms with Crippen LogP contribution in [-0.4, -0.2) is 51.8 Å². The molecule has 0 bridgehead atoms. The highest BCUT2D eigenvalue weighted by molar-refractivity contribution is 5.94. The number of benzene rings is 1. The molecule has 6 nitrogen and oxygen atoms in total. The topological polar surface area (TPSA) is 54.3 Å². The maximum Gasteiger partial charge on any atom is 0.253 e. The number of amides is 1. The molecule has 1 aliphatic rings. The monoisotopic (exact) mass is 375 g/mol. The van der Waals surface area contributed by atoms with Gasteiger partial charge in [0, 0.05) is 37.9 Å². The third kappa shape index (κ3) is 3.38. The summed E-state index contributed by atoms with van der Waals surface area (Å²) in [5, 5.41) is 4.70. The van der Waals surface area contributed by atoms with Crippen LogP contribution in [0.5, 0.6) is 0 Å². The molecule has 0 atom stereocenters. The first kappa shape index (κ1) is 18.2. The number of rotatable bonds is 3. The molecule has 3 heterocycles. The predicted octanol–water partition coefficient (Wildman–Crippen LogP) is 3.15. The molecule has 0 radical (unpaired) electrons. The van der Waals surface area contributed by atoms with Crippen molar-refractivity contribution in [1.29, 1.82) is 0 Å². The molecule has 2 aromatic heterocycles. The lowest BCUT2D eigenvalue weighted by atomic mass is 10.1. The summed E-state index contributed by atoms with van der Waals surface area (Å²) in [5.41, 5.74) is 5.09. The van der Waals surface area contributed by atoms with Gasteiger partial charge in [-0.2, -0.15) is 5.10 Å². The Morgan fingerprint density at radius 2 is 1.75 bits per heavy atom. The summed E-state index contributed by atoms with van der Waals surface area (Å²) in [4.78, 5) is 21.5. The lowest BCUT2D eigenvalue weighted by Crippen LogP contribution is -2.49. The zero-order valence-corrected chi connectivity index (χ0v) is 16.6. The number of carbonyl (C=O) groups excluding carboxylic acids is 1. The quantitative estimate of drug-likeness (QED) is 0.706. The van der Waals surface area contributed by atoms with Crippen molar-refractivity contribution < 1.29 is 4.79 Å². The zero-order chi connectivity index (χ0) is 19.7. The summed E-state index contributed by atoms with van der Waals surface area (Å²) in [6.07, 6.45) is 1.78. The number of aromatic nitrogens is 3. The van der Waals surface area contributed by atoms with Gasteiger partial charge in [-0.15, -0.1) is 0 Å². The average Bonchev–Trinajstić information content (AvgIpc) is 3.02. The van der Waals surface area contributed by atoms with E-state index in [0.29, 0.717) is 13.1 Å². The van der Waals surface area contributed by atoms with Gasteiger partial charge in [-0.3, -0.25) is 4.79 Å². The van der Waals surface area contributed by atoms with Crippen molar-refractivity contribution >= 4 is 11.6 Å². The highest BCUT2D eigenvalue weighted by Crippen LogP contribution is 2.27. The van der Waals surface area contributed by atoms with E-state index >= 15 is 0 Å². The van der Waals surface area contributed by atoms with Crippen molar-refractivity contribution in [3.05, 3.63) is 71.2 Å². The smallest absolute Gasteiger partial charge is 0.253 e. The van der Waals surface area contributed by atoms with Gasteiger partial charge in [0.25, 0.3) is 5.91 Å². The summed E-state index contributed by atoms with van der Waals surface area (Å²) in [5.74, 6) is 0.934. The van der Waals surface area contributed by atoms with E-state index in [1.165, 1.54) is 0 Å². The summed E-state index contributed by atoms with van der Waals surface area (Å²) in [7, 11) is 0. The molecule has 1 saturated heterocycles. The van der Waals surface area contributed by atoms with Crippen LogP contribution in [0.15, 0.2) is 48.7 Å². The Morgan fingerprint density at radius 3 is 2.43 bits per heavy atom. The van der Waals surface area contributed by atoms with Crippen molar-refractivity contribution in [2.75, 3.05) is 31.1 Å². The van der Waals surface area contributed by atoms with E-state index in [1.807, 2.05) is 65.9 Å². The van der Waals surface area contributed by atoms with Gasteiger partial charge >= 0.3 is 0 Å².